The molecule has 0 aromatic carbocycles. The van der Waals surface area contributed by atoms with Crippen molar-refractivity contribution in [2.24, 2.45) is 0 Å². The van der Waals surface area contributed by atoms with Crippen LogP contribution in [0.2, 0.25) is 0 Å². The molecule has 0 fully saturated rings. The molecule has 4 nitrogen and oxygen atoms in total. The monoisotopic (exact) mass is 167 g/mol. The van der Waals surface area contributed by atoms with Crippen LogP contribution in [-0.4, -0.2) is 23.0 Å². The van der Waals surface area contributed by atoms with Crippen molar-refractivity contribution >= 4 is 11.9 Å². The molecule has 0 aromatic heterocycles. The summed E-state index contributed by atoms with van der Waals surface area (Å²) in [4.78, 5) is 21.0. The number of rotatable bonds is 4. The van der Waals surface area contributed by atoms with Crippen molar-refractivity contribution in [3.63, 3.8) is 0 Å². The minimum Gasteiger partial charge on any atom is -0.480 e. The highest BCUT2D eigenvalue weighted by Crippen LogP contribution is 1.90. The van der Waals surface area contributed by atoms with Crippen molar-refractivity contribution in [3.8, 4) is 12.3 Å². The molecule has 1 atom stereocenters. The summed E-state index contributed by atoms with van der Waals surface area (Å²) in [5, 5.41) is 10.7. The lowest BCUT2D eigenvalue weighted by Crippen LogP contribution is -2.39. The molecular weight excluding hydrogens is 158 g/mol. The van der Waals surface area contributed by atoms with Gasteiger partial charge in [0, 0.05) is 6.42 Å². The van der Waals surface area contributed by atoms with E-state index in [2.05, 4.69) is 17.8 Å². The van der Waals surface area contributed by atoms with E-state index in [4.69, 9.17) is 11.5 Å². The van der Waals surface area contributed by atoms with Crippen LogP contribution in [0.5, 0.6) is 0 Å². The van der Waals surface area contributed by atoms with E-state index >= 15 is 0 Å². The SMILES string of the molecule is C#CCC(NC(=O)C=C)C(=O)O. The highest BCUT2D eigenvalue weighted by molar-refractivity contribution is 5.90. The van der Waals surface area contributed by atoms with Gasteiger partial charge in [0.25, 0.3) is 0 Å². The van der Waals surface area contributed by atoms with Crippen molar-refractivity contribution in [1.29, 1.82) is 0 Å². The molecule has 1 unspecified atom stereocenters. The zero-order valence-electron chi connectivity index (χ0n) is 6.41. The lowest BCUT2D eigenvalue weighted by Gasteiger charge is -2.08. The molecule has 0 aliphatic carbocycles. The summed E-state index contributed by atoms with van der Waals surface area (Å²) in [7, 11) is 0. The Kier molecular flexibility index (Phi) is 4.24. The number of amides is 1. The summed E-state index contributed by atoms with van der Waals surface area (Å²) in [6.45, 7) is 3.18. The first kappa shape index (κ1) is 10.2. The third-order valence-corrected chi connectivity index (χ3v) is 1.12. The van der Waals surface area contributed by atoms with Crippen molar-refractivity contribution < 1.29 is 14.7 Å². The summed E-state index contributed by atoms with van der Waals surface area (Å²) >= 11 is 0. The van der Waals surface area contributed by atoms with Crippen LogP contribution in [0.15, 0.2) is 12.7 Å². The average Bonchev–Trinajstić information content (AvgIpc) is 2.03. The topological polar surface area (TPSA) is 66.4 Å². The molecule has 0 heterocycles. The molecule has 0 rings (SSSR count). The summed E-state index contributed by atoms with van der Waals surface area (Å²) in [6, 6.07) is -1.03. The van der Waals surface area contributed by atoms with Crippen LogP contribution in [0, 0.1) is 12.3 Å². The molecule has 0 aliphatic heterocycles. The second-order valence-electron chi connectivity index (χ2n) is 2.01. The van der Waals surface area contributed by atoms with Gasteiger partial charge in [0.1, 0.15) is 6.04 Å². The third kappa shape index (κ3) is 3.42. The Balaban J connectivity index is 4.15. The number of hydrogen-bond acceptors (Lipinski definition) is 2. The number of terminal acetylenes is 1. The summed E-state index contributed by atoms with van der Waals surface area (Å²) < 4.78 is 0. The smallest absolute Gasteiger partial charge is 0.327 e. The van der Waals surface area contributed by atoms with Gasteiger partial charge in [0.15, 0.2) is 0 Å². The van der Waals surface area contributed by atoms with E-state index in [9.17, 15) is 9.59 Å². The van der Waals surface area contributed by atoms with Crippen molar-refractivity contribution in [3.05, 3.63) is 12.7 Å². The minimum atomic E-state index is -1.15. The Hall–Kier alpha value is -1.76. The van der Waals surface area contributed by atoms with Crippen LogP contribution in [0.4, 0.5) is 0 Å². The number of nitrogens with one attached hydrogen (secondary N) is 1. The maximum Gasteiger partial charge on any atom is 0.327 e. The Morgan fingerprint density at radius 1 is 1.75 bits per heavy atom. The number of hydrogen-bond donors (Lipinski definition) is 2. The highest BCUT2D eigenvalue weighted by atomic mass is 16.4. The Labute approximate surface area is 70.3 Å². The quantitative estimate of drug-likeness (QED) is 0.448. The van der Waals surface area contributed by atoms with Gasteiger partial charge in [0.05, 0.1) is 0 Å². The fourth-order valence-corrected chi connectivity index (χ4v) is 0.549. The molecule has 0 radical (unpaired) electrons. The molecule has 12 heavy (non-hydrogen) atoms. The molecule has 0 aromatic rings. The van der Waals surface area contributed by atoms with Crippen LogP contribution in [0.3, 0.4) is 0 Å². The fraction of sp³-hybridized carbons (Fsp3) is 0.250. The van der Waals surface area contributed by atoms with Crippen LogP contribution in [-0.2, 0) is 9.59 Å². The van der Waals surface area contributed by atoms with Gasteiger partial charge in [-0.15, -0.1) is 12.3 Å². The molecule has 4 heteroatoms. The molecule has 0 spiro atoms. The Morgan fingerprint density at radius 2 is 2.33 bits per heavy atom. The molecule has 1 amide bonds. The lowest BCUT2D eigenvalue weighted by atomic mass is 10.2. The molecule has 64 valence electrons. The van der Waals surface area contributed by atoms with E-state index in [1.54, 1.807) is 0 Å². The Bertz CT molecular complexity index is 239. The molecule has 2 N–H and O–H groups in total. The van der Waals surface area contributed by atoms with Crippen molar-refractivity contribution in [2.45, 2.75) is 12.5 Å². The van der Waals surface area contributed by atoms with Crippen molar-refractivity contribution in [2.75, 3.05) is 0 Å². The minimum absolute atomic E-state index is 0.0328. The van der Waals surface area contributed by atoms with E-state index in [0.717, 1.165) is 6.08 Å². The fourth-order valence-electron chi connectivity index (χ4n) is 0.549. The predicted molar refractivity (Wildman–Crippen MR) is 43.2 cm³/mol. The number of aliphatic carboxylic acids is 1. The molecule has 0 saturated carbocycles. The van der Waals surface area contributed by atoms with Gasteiger partial charge < -0.3 is 10.4 Å². The van der Waals surface area contributed by atoms with Gasteiger partial charge in [-0.25, -0.2) is 4.79 Å². The standard InChI is InChI=1S/C8H9NO3/c1-3-5-6(8(11)12)9-7(10)4-2/h1,4,6H,2,5H2,(H,9,10)(H,11,12). The van der Waals surface area contributed by atoms with Gasteiger partial charge in [-0.2, -0.15) is 0 Å². The van der Waals surface area contributed by atoms with Gasteiger partial charge in [-0.1, -0.05) is 6.58 Å². The predicted octanol–water partition coefficient (Wildman–Crippen LogP) is -0.235. The number of carbonyl (C=O) groups is 2. The lowest BCUT2D eigenvalue weighted by molar-refractivity contribution is -0.141. The van der Waals surface area contributed by atoms with Gasteiger partial charge in [-0.3, -0.25) is 4.79 Å². The summed E-state index contributed by atoms with van der Waals surface area (Å²) in [5.74, 6) is 0.455. The molecule has 0 aliphatic rings. The summed E-state index contributed by atoms with van der Waals surface area (Å²) in [6.07, 6.45) is 5.85. The second kappa shape index (κ2) is 4.97. The number of carboxylic acid groups (broad SMARTS) is 1. The highest BCUT2D eigenvalue weighted by Gasteiger charge is 2.16. The first-order valence-electron chi connectivity index (χ1n) is 3.21. The van der Waals surface area contributed by atoms with E-state index in [1.165, 1.54) is 0 Å². The first-order chi connectivity index (χ1) is 5.61. The molecular formula is C8H9NO3. The maximum atomic E-state index is 10.6. The second-order valence-corrected chi connectivity index (χ2v) is 2.01. The largest absolute Gasteiger partial charge is 0.480 e. The number of carboxylic acids is 1. The normalized spacial score (nSPS) is 10.9. The van der Waals surface area contributed by atoms with Gasteiger partial charge in [-0.05, 0) is 6.08 Å². The van der Waals surface area contributed by atoms with E-state index < -0.39 is 17.9 Å². The molecule has 0 bridgehead atoms. The van der Waals surface area contributed by atoms with Crippen LogP contribution >= 0.6 is 0 Å². The van der Waals surface area contributed by atoms with Crippen LogP contribution < -0.4 is 5.32 Å². The Morgan fingerprint density at radius 3 is 2.67 bits per heavy atom. The van der Waals surface area contributed by atoms with E-state index in [1.807, 2.05) is 0 Å². The zero-order chi connectivity index (χ0) is 9.56. The maximum absolute atomic E-state index is 10.6. The summed E-state index contributed by atoms with van der Waals surface area (Å²) in [5.41, 5.74) is 0. The van der Waals surface area contributed by atoms with Crippen LogP contribution in [0.1, 0.15) is 6.42 Å². The van der Waals surface area contributed by atoms with E-state index in [-0.39, 0.29) is 6.42 Å². The first-order valence-corrected chi connectivity index (χ1v) is 3.21. The van der Waals surface area contributed by atoms with Crippen LogP contribution in [0.25, 0.3) is 0 Å². The number of carbonyl (C=O) groups excluding carboxylic acids is 1. The van der Waals surface area contributed by atoms with Crippen molar-refractivity contribution in [1.82, 2.24) is 5.32 Å². The van der Waals surface area contributed by atoms with Gasteiger partial charge in [0.2, 0.25) is 5.91 Å². The van der Waals surface area contributed by atoms with Gasteiger partial charge >= 0.3 is 5.97 Å². The third-order valence-electron chi connectivity index (χ3n) is 1.12. The molecule has 0 saturated heterocycles. The zero-order valence-corrected chi connectivity index (χ0v) is 6.41. The van der Waals surface area contributed by atoms with E-state index in [0.29, 0.717) is 0 Å². The average molecular weight is 167 g/mol.